The summed E-state index contributed by atoms with van der Waals surface area (Å²) in [6.07, 6.45) is 6.38. The molecule has 1 amide bonds. The van der Waals surface area contributed by atoms with E-state index in [9.17, 15) is 4.79 Å². The van der Waals surface area contributed by atoms with E-state index in [1.165, 1.54) is 0 Å². The number of nitrogens with zero attached hydrogens (tertiary/aromatic N) is 3. The summed E-state index contributed by atoms with van der Waals surface area (Å²) in [7, 11) is 0. The highest BCUT2D eigenvalue weighted by Gasteiger charge is 2.09. The molecule has 154 valence electrons. The first-order chi connectivity index (χ1) is 15.2. The second-order valence-electron chi connectivity index (χ2n) is 7.13. The molecule has 0 spiro atoms. The van der Waals surface area contributed by atoms with Gasteiger partial charge in [-0.05, 0) is 34.9 Å². The lowest BCUT2D eigenvalue weighted by atomic mass is 10.0. The van der Waals surface area contributed by atoms with Crippen LogP contribution in [-0.4, -0.2) is 20.9 Å². The molecule has 6 heteroatoms. The van der Waals surface area contributed by atoms with Gasteiger partial charge in [0.05, 0.1) is 23.3 Å². The van der Waals surface area contributed by atoms with Gasteiger partial charge in [-0.2, -0.15) is 0 Å². The Morgan fingerprint density at radius 1 is 0.968 bits per heavy atom. The van der Waals surface area contributed by atoms with Crippen LogP contribution in [-0.2, 0) is 11.2 Å². The Kier molecular flexibility index (Phi) is 6.18. The molecule has 0 aliphatic heterocycles. The molecule has 1 heterocycles. The number of aryl methyl sites for hydroxylation is 1. The van der Waals surface area contributed by atoms with Gasteiger partial charge in [0.25, 0.3) is 0 Å². The van der Waals surface area contributed by atoms with Gasteiger partial charge in [0, 0.05) is 19.0 Å². The van der Waals surface area contributed by atoms with Crippen LogP contribution in [0.25, 0.3) is 23.4 Å². The number of nitrogens with one attached hydrogen (secondary N) is 1. The van der Waals surface area contributed by atoms with Crippen molar-refractivity contribution in [3.63, 3.8) is 0 Å². The molecule has 0 aliphatic rings. The Morgan fingerprint density at radius 2 is 1.71 bits per heavy atom. The van der Waals surface area contributed by atoms with Crippen molar-refractivity contribution in [2.45, 2.75) is 12.8 Å². The minimum atomic E-state index is -0.119. The van der Waals surface area contributed by atoms with Gasteiger partial charge >= 0.3 is 0 Å². The average Bonchev–Trinajstić information content (AvgIpc) is 3.27. The van der Waals surface area contributed by atoms with Crippen LogP contribution in [0, 0.1) is 0 Å². The number of hydrogen-bond donors (Lipinski definition) is 2. The van der Waals surface area contributed by atoms with Crippen LogP contribution in [0.4, 0.5) is 11.4 Å². The number of carbonyl (C=O) groups excluding carboxylic acids is 1. The predicted octanol–water partition coefficient (Wildman–Crippen LogP) is 4.73. The van der Waals surface area contributed by atoms with E-state index in [0.717, 1.165) is 22.4 Å². The fourth-order valence-electron chi connectivity index (χ4n) is 3.16. The van der Waals surface area contributed by atoms with Gasteiger partial charge in [-0.25, -0.2) is 4.68 Å². The predicted molar refractivity (Wildman–Crippen MR) is 125 cm³/mol. The zero-order valence-corrected chi connectivity index (χ0v) is 17.0. The van der Waals surface area contributed by atoms with Gasteiger partial charge < -0.3 is 11.1 Å². The van der Waals surface area contributed by atoms with Gasteiger partial charge in [0.2, 0.25) is 5.91 Å². The molecule has 0 saturated heterocycles. The zero-order valence-electron chi connectivity index (χ0n) is 17.0. The number of carbonyl (C=O) groups is 1. The second-order valence-corrected chi connectivity index (χ2v) is 7.13. The molecule has 0 aliphatic carbocycles. The summed E-state index contributed by atoms with van der Waals surface area (Å²) < 4.78 is 1.64. The van der Waals surface area contributed by atoms with Crippen LogP contribution in [0.15, 0.2) is 85.1 Å². The van der Waals surface area contributed by atoms with Gasteiger partial charge in [-0.1, -0.05) is 71.9 Å². The lowest BCUT2D eigenvalue weighted by molar-refractivity contribution is -0.116. The molecule has 0 fully saturated rings. The van der Waals surface area contributed by atoms with Gasteiger partial charge in [-0.15, -0.1) is 5.10 Å². The van der Waals surface area contributed by atoms with Crippen LogP contribution < -0.4 is 11.1 Å². The molecule has 3 aromatic carbocycles. The summed E-state index contributed by atoms with van der Waals surface area (Å²) in [5, 5.41) is 11.1. The van der Waals surface area contributed by atoms with E-state index in [2.05, 4.69) is 15.6 Å². The monoisotopic (exact) mass is 409 g/mol. The smallest absolute Gasteiger partial charge is 0.224 e. The molecule has 0 unspecified atom stereocenters. The minimum Gasteiger partial charge on any atom is -0.397 e. The average molecular weight is 409 g/mol. The summed E-state index contributed by atoms with van der Waals surface area (Å²) in [5.41, 5.74) is 11.1. The van der Waals surface area contributed by atoms with Crippen molar-refractivity contribution in [3.8, 4) is 11.1 Å². The second kappa shape index (κ2) is 9.54. The zero-order chi connectivity index (χ0) is 21.5. The maximum atomic E-state index is 12.5. The van der Waals surface area contributed by atoms with Crippen LogP contribution in [0.2, 0.25) is 0 Å². The number of anilines is 2. The third kappa shape index (κ3) is 5.45. The van der Waals surface area contributed by atoms with E-state index >= 15 is 0 Å². The number of aromatic nitrogens is 3. The molecule has 0 saturated carbocycles. The maximum absolute atomic E-state index is 12.5. The largest absolute Gasteiger partial charge is 0.397 e. The normalized spacial score (nSPS) is 11.0. The number of benzene rings is 3. The Labute approximate surface area is 181 Å². The van der Waals surface area contributed by atoms with Crippen LogP contribution in [0.1, 0.15) is 17.7 Å². The van der Waals surface area contributed by atoms with Crippen LogP contribution in [0.5, 0.6) is 0 Å². The number of rotatable bonds is 7. The highest BCUT2D eigenvalue weighted by Crippen LogP contribution is 2.27. The molecule has 0 radical (unpaired) electrons. The van der Waals surface area contributed by atoms with Crippen molar-refractivity contribution < 1.29 is 4.79 Å². The molecule has 0 atom stereocenters. The molecular formula is C25H23N5O. The van der Waals surface area contributed by atoms with Crippen molar-refractivity contribution in [3.05, 3.63) is 96.3 Å². The Morgan fingerprint density at radius 3 is 2.48 bits per heavy atom. The van der Waals surface area contributed by atoms with Crippen LogP contribution >= 0.6 is 0 Å². The van der Waals surface area contributed by atoms with Crippen molar-refractivity contribution in [2.75, 3.05) is 11.1 Å². The van der Waals surface area contributed by atoms with Crippen molar-refractivity contribution in [1.29, 1.82) is 0 Å². The van der Waals surface area contributed by atoms with Gasteiger partial charge in [0.1, 0.15) is 0 Å². The summed E-state index contributed by atoms with van der Waals surface area (Å²) in [6, 6.07) is 25.6. The molecule has 4 aromatic rings. The number of nitrogen functional groups attached to an aromatic ring is 1. The van der Waals surface area contributed by atoms with E-state index in [0.29, 0.717) is 17.8 Å². The molecule has 4 rings (SSSR count). The summed E-state index contributed by atoms with van der Waals surface area (Å²) in [6.45, 7) is 0. The molecule has 6 nitrogen and oxygen atoms in total. The summed E-state index contributed by atoms with van der Waals surface area (Å²) in [4.78, 5) is 12.5. The molecule has 1 aromatic heterocycles. The van der Waals surface area contributed by atoms with E-state index in [1.807, 2.05) is 97.3 Å². The number of amides is 1. The van der Waals surface area contributed by atoms with E-state index in [-0.39, 0.29) is 12.3 Å². The highest BCUT2D eigenvalue weighted by atomic mass is 16.1. The lowest BCUT2D eigenvalue weighted by Crippen LogP contribution is -2.13. The van der Waals surface area contributed by atoms with E-state index in [1.54, 1.807) is 4.68 Å². The first kappa shape index (κ1) is 20.1. The van der Waals surface area contributed by atoms with Crippen LogP contribution in [0.3, 0.4) is 0 Å². The van der Waals surface area contributed by atoms with Crippen molar-refractivity contribution in [1.82, 2.24) is 15.0 Å². The quantitative estimate of drug-likeness (QED) is 0.432. The third-order valence-electron chi connectivity index (χ3n) is 4.82. The maximum Gasteiger partial charge on any atom is 0.224 e. The molecule has 3 N–H and O–H groups in total. The molecule has 0 bridgehead atoms. The van der Waals surface area contributed by atoms with E-state index < -0.39 is 0 Å². The number of hydrogen-bond acceptors (Lipinski definition) is 4. The fraction of sp³-hybridized carbons (Fsp3) is 0.0800. The molecule has 31 heavy (non-hydrogen) atoms. The topological polar surface area (TPSA) is 85.8 Å². The standard InChI is InChI=1S/C25H23N5O/c26-23-13-11-21(20-9-5-2-6-10-20)17-24(23)27-25(31)14-12-22-18-30(29-28-22)16-15-19-7-3-1-4-8-19/h1-11,13,15-18H,12,14,26H2,(H,27,31)/b16-15+. The lowest BCUT2D eigenvalue weighted by Gasteiger charge is -2.10. The van der Waals surface area contributed by atoms with Crippen molar-refractivity contribution in [2.24, 2.45) is 0 Å². The van der Waals surface area contributed by atoms with Crippen molar-refractivity contribution >= 4 is 29.6 Å². The fourth-order valence-corrected chi connectivity index (χ4v) is 3.16. The summed E-state index contributed by atoms with van der Waals surface area (Å²) in [5.74, 6) is -0.119. The molecular weight excluding hydrogens is 386 g/mol. The summed E-state index contributed by atoms with van der Waals surface area (Å²) >= 11 is 0. The Bertz CT molecular complexity index is 1180. The Hall–Kier alpha value is -4.19. The first-order valence-corrected chi connectivity index (χ1v) is 10.1. The SMILES string of the molecule is Nc1ccc(-c2ccccc2)cc1NC(=O)CCc1cn(/C=C/c2ccccc2)nn1. The van der Waals surface area contributed by atoms with Gasteiger partial charge in [0.15, 0.2) is 0 Å². The van der Waals surface area contributed by atoms with Gasteiger partial charge in [-0.3, -0.25) is 4.79 Å². The van der Waals surface area contributed by atoms with E-state index in [4.69, 9.17) is 5.73 Å². The third-order valence-corrected chi connectivity index (χ3v) is 4.82. The first-order valence-electron chi connectivity index (χ1n) is 10.1. The number of nitrogens with two attached hydrogens (primary N) is 1. The highest BCUT2D eigenvalue weighted by molar-refractivity contribution is 5.95. The Balaban J connectivity index is 1.35. The minimum absolute atomic E-state index is 0.119.